The monoisotopic (exact) mass is 286 g/mol. The van der Waals surface area contributed by atoms with E-state index in [0.717, 1.165) is 12.8 Å². The number of nitrogens with zero attached hydrogens (tertiary/aromatic N) is 2. The summed E-state index contributed by atoms with van der Waals surface area (Å²) in [4.78, 5) is 12.2. The number of hydrogen-bond donors (Lipinski definition) is 1. The maximum Gasteiger partial charge on any atom is 0.328 e. The summed E-state index contributed by atoms with van der Waals surface area (Å²) in [5.41, 5.74) is 1.10. The summed E-state index contributed by atoms with van der Waals surface area (Å²) < 4.78 is 16.9. The Kier molecular flexibility index (Phi) is 3.63. The van der Waals surface area contributed by atoms with Gasteiger partial charge in [-0.25, -0.2) is 9.18 Å². The fourth-order valence-electron chi connectivity index (χ4n) is 2.33. The highest BCUT2D eigenvalue weighted by atomic mass is 19.1. The first-order valence-electron chi connectivity index (χ1n) is 6.84. The number of hydrogen-bond acceptors (Lipinski definition) is 2. The lowest BCUT2D eigenvalue weighted by atomic mass is 10.1. The molecule has 3 rings (SSSR count). The molecule has 1 heterocycles. The van der Waals surface area contributed by atoms with Crippen LogP contribution in [0.5, 0.6) is 0 Å². The summed E-state index contributed by atoms with van der Waals surface area (Å²) in [6.45, 7) is 0.0413. The minimum absolute atomic E-state index is 0.0650. The molecule has 1 aliphatic carbocycles. The number of rotatable bonds is 3. The molecular formula is C16H15FN2O2. The van der Waals surface area contributed by atoms with Crippen LogP contribution in [0.25, 0.3) is 0 Å². The Bertz CT molecular complexity index is 776. The maximum atomic E-state index is 13.6. The van der Waals surface area contributed by atoms with E-state index in [-0.39, 0.29) is 12.3 Å². The van der Waals surface area contributed by atoms with Gasteiger partial charge in [0.25, 0.3) is 0 Å². The van der Waals surface area contributed by atoms with Crippen LogP contribution in [-0.4, -0.2) is 20.8 Å². The highest BCUT2D eigenvalue weighted by Crippen LogP contribution is 2.33. The van der Waals surface area contributed by atoms with Gasteiger partial charge in [0, 0.05) is 24.0 Å². The zero-order valence-electron chi connectivity index (χ0n) is 11.4. The highest BCUT2D eigenvalue weighted by Gasteiger charge is 2.25. The van der Waals surface area contributed by atoms with Gasteiger partial charge < -0.3 is 5.11 Å². The van der Waals surface area contributed by atoms with E-state index in [2.05, 4.69) is 11.8 Å². The van der Waals surface area contributed by atoms with Crippen molar-refractivity contribution >= 4 is 0 Å². The average molecular weight is 286 g/mol. The standard InChI is InChI=1S/C16H15FN2O2/c17-14-9-12(2-1-7-20)8-13(10-14)11-18-5-6-19(16(18)21)15-3-4-15/h5-6,8-10,15,20H,3-4,7,11H2. The van der Waals surface area contributed by atoms with Crippen LogP contribution in [0.15, 0.2) is 35.4 Å². The van der Waals surface area contributed by atoms with Gasteiger partial charge >= 0.3 is 5.69 Å². The Balaban J connectivity index is 1.87. The molecule has 1 fully saturated rings. The van der Waals surface area contributed by atoms with Crippen molar-refractivity contribution in [3.8, 4) is 11.8 Å². The first-order chi connectivity index (χ1) is 10.2. The molecule has 21 heavy (non-hydrogen) atoms. The SMILES string of the molecule is O=c1n(Cc2cc(F)cc(C#CCO)c2)ccn1C1CC1. The van der Waals surface area contributed by atoms with Crippen molar-refractivity contribution in [3.63, 3.8) is 0 Å². The van der Waals surface area contributed by atoms with Crippen LogP contribution < -0.4 is 5.69 Å². The molecule has 0 radical (unpaired) electrons. The molecule has 0 saturated heterocycles. The second-order valence-electron chi connectivity index (χ2n) is 5.16. The minimum Gasteiger partial charge on any atom is -0.384 e. The smallest absolute Gasteiger partial charge is 0.328 e. The minimum atomic E-state index is -0.399. The van der Waals surface area contributed by atoms with E-state index in [1.807, 2.05) is 0 Å². The lowest BCUT2D eigenvalue weighted by Gasteiger charge is -2.04. The van der Waals surface area contributed by atoms with Gasteiger partial charge in [0.1, 0.15) is 12.4 Å². The predicted octanol–water partition coefficient (Wildman–Crippen LogP) is 1.52. The first kappa shape index (κ1) is 13.7. The molecule has 1 N–H and O–H groups in total. The first-order valence-corrected chi connectivity index (χ1v) is 6.84. The zero-order valence-corrected chi connectivity index (χ0v) is 11.4. The second-order valence-corrected chi connectivity index (χ2v) is 5.16. The summed E-state index contributed by atoms with van der Waals surface area (Å²) in [6.07, 6.45) is 5.60. The molecule has 0 bridgehead atoms. The fourth-order valence-corrected chi connectivity index (χ4v) is 2.33. The van der Waals surface area contributed by atoms with Gasteiger partial charge in [-0.1, -0.05) is 11.8 Å². The van der Waals surface area contributed by atoms with Gasteiger partial charge in [-0.05, 0) is 36.6 Å². The summed E-state index contributed by atoms with van der Waals surface area (Å²) >= 11 is 0. The Morgan fingerprint density at radius 1 is 1.29 bits per heavy atom. The van der Waals surface area contributed by atoms with Crippen LogP contribution in [0.4, 0.5) is 4.39 Å². The van der Waals surface area contributed by atoms with Crippen LogP contribution in [0.1, 0.15) is 30.0 Å². The third kappa shape index (κ3) is 3.06. The van der Waals surface area contributed by atoms with Crippen molar-refractivity contribution < 1.29 is 9.50 Å². The molecule has 0 atom stereocenters. The molecule has 2 aromatic rings. The number of aromatic nitrogens is 2. The van der Waals surface area contributed by atoms with E-state index in [0.29, 0.717) is 23.7 Å². The van der Waals surface area contributed by atoms with Gasteiger partial charge in [-0.2, -0.15) is 0 Å². The highest BCUT2D eigenvalue weighted by molar-refractivity contribution is 5.38. The molecule has 108 valence electrons. The average Bonchev–Trinajstić information content (AvgIpc) is 3.23. The van der Waals surface area contributed by atoms with Crippen LogP contribution in [0.3, 0.4) is 0 Å². The number of halogens is 1. The summed E-state index contributed by atoms with van der Waals surface area (Å²) in [7, 11) is 0. The van der Waals surface area contributed by atoms with Gasteiger partial charge in [-0.15, -0.1) is 0 Å². The van der Waals surface area contributed by atoms with E-state index in [9.17, 15) is 9.18 Å². The third-order valence-corrected chi connectivity index (χ3v) is 3.44. The van der Waals surface area contributed by atoms with E-state index in [1.54, 1.807) is 27.6 Å². The van der Waals surface area contributed by atoms with Crippen molar-refractivity contribution in [2.75, 3.05) is 6.61 Å². The number of benzene rings is 1. The third-order valence-electron chi connectivity index (χ3n) is 3.44. The van der Waals surface area contributed by atoms with Crippen LogP contribution in [0.2, 0.25) is 0 Å². The van der Waals surface area contributed by atoms with Crippen LogP contribution in [-0.2, 0) is 6.54 Å². The van der Waals surface area contributed by atoms with Gasteiger partial charge in [0.15, 0.2) is 0 Å². The molecule has 0 amide bonds. The molecule has 4 nitrogen and oxygen atoms in total. The number of aliphatic hydroxyl groups excluding tert-OH is 1. The van der Waals surface area contributed by atoms with Crippen molar-refractivity contribution in [2.24, 2.45) is 0 Å². The molecule has 0 aliphatic heterocycles. The Morgan fingerprint density at radius 3 is 2.81 bits per heavy atom. The molecule has 1 saturated carbocycles. The molecule has 1 aromatic carbocycles. The van der Waals surface area contributed by atoms with E-state index in [4.69, 9.17) is 5.11 Å². The summed E-state index contributed by atoms with van der Waals surface area (Å²) in [6, 6.07) is 4.76. The van der Waals surface area contributed by atoms with Crippen molar-refractivity contribution in [2.45, 2.75) is 25.4 Å². The van der Waals surface area contributed by atoms with Gasteiger partial charge in [0.2, 0.25) is 0 Å². The molecule has 0 spiro atoms. The fraction of sp³-hybridized carbons (Fsp3) is 0.312. The molecular weight excluding hydrogens is 271 g/mol. The normalized spacial score (nSPS) is 13.8. The van der Waals surface area contributed by atoms with Crippen molar-refractivity contribution in [1.82, 2.24) is 9.13 Å². The quantitative estimate of drug-likeness (QED) is 0.870. The van der Waals surface area contributed by atoms with E-state index >= 15 is 0 Å². The lowest BCUT2D eigenvalue weighted by molar-refractivity contribution is 0.350. The number of imidazole rings is 1. The predicted molar refractivity (Wildman–Crippen MR) is 76.4 cm³/mol. The van der Waals surface area contributed by atoms with E-state index in [1.165, 1.54) is 12.1 Å². The van der Waals surface area contributed by atoms with Gasteiger partial charge in [0.05, 0.1) is 6.54 Å². The van der Waals surface area contributed by atoms with Crippen molar-refractivity contribution in [3.05, 3.63) is 58.0 Å². The summed E-state index contributed by atoms with van der Waals surface area (Å²) in [5, 5.41) is 8.68. The largest absolute Gasteiger partial charge is 0.384 e. The molecule has 1 aromatic heterocycles. The van der Waals surface area contributed by atoms with Crippen LogP contribution in [0, 0.1) is 17.7 Å². The van der Waals surface area contributed by atoms with Crippen molar-refractivity contribution in [1.29, 1.82) is 0 Å². The summed E-state index contributed by atoms with van der Waals surface area (Å²) in [5.74, 6) is 4.77. The maximum absolute atomic E-state index is 13.6. The topological polar surface area (TPSA) is 47.2 Å². The zero-order chi connectivity index (χ0) is 14.8. The Labute approximate surface area is 121 Å². The van der Waals surface area contributed by atoms with Gasteiger partial charge in [-0.3, -0.25) is 9.13 Å². The Morgan fingerprint density at radius 2 is 2.10 bits per heavy atom. The molecule has 1 aliphatic rings. The molecule has 5 heteroatoms. The van der Waals surface area contributed by atoms with Crippen LogP contribution >= 0.6 is 0 Å². The Hall–Kier alpha value is -2.32. The lowest BCUT2D eigenvalue weighted by Crippen LogP contribution is -2.23. The van der Waals surface area contributed by atoms with E-state index < -0.39 is 5.82 Å². The molecule has 0 unspecified atom stereocenters. The number of aliphatic hydroxyl groups is 1. The second kappa shape index (κ2) is 5.58.